The first-order chi connectivity index (χ1) is 11.0. The van der Waals surface area contributed by atoms with E-state index in [0.717, 1.165) is 5.56 Å². The minimum Gasteiger partial charge on any atom is -0.492 e. The topological polar surface area (TPSA) is 64.3 Å². The molecule has 0 aliphatic carbocycles. The lowest BCUT2D eigenvalue weighted by atomic mass is 9.94. The van der Waals surface area contributed by atoms with Gasteiger partial charge in [0.25, 0.3) is 0 Å². The van der Waals surface area contributed by atoms with Gasteiger partial charge in [0.15, 0.2) is 0 Å². The van der Waals surface area contributed by atoms with Crippen LogP contribution >= 0.6 is 12.4 Å². The molecule has 0 aliphatic rings. The van der Waals surface area contributed by atoms with Crippen LogP contribution in [0, 0.1) is 11.7 Å². The summed E-state index contributed by atoms with van der Waals surface area (Å²) >= 11 is 0. The molecule has 0 radical (unpaired) electrons. The maximum atomic E-state index is 13.3. The third kappa shape index (κ3) is 4.94. The average Bonchev–Trinajstić information content (AvgIpc) is 2.57. The summed E-state index contributed by atoms with van der Waals surface area (Å²) in [6, 6.07) is 13.0. The van der Waals surface area contributed by atoms with E-state index in [1.807, 2.05) is 30.3 Å². The highest BCUT2D eigenvalue weighted by Gasteiger charge is 2.23. The van der Waals surface area contributed by atoms with Crippen molar-refractivity contribution in [3.05, 3.63) is 59.9 Å². The van der Waals surface area contributed by atoms with Crippen LogP contribution in [-0.2, 0) is 4.79 Å². The Bertz CT molecular complexity index is 667. The molecule has 0 aliphatic heterocycles. The fourth-order valence-corrected chi connectivity index (χ4v) is 2.25. The summed E-state index contributed by atoms with van der Waals surface area (Å²) in [7, 11) is 0. The normalized spacial score (nSPS) is 12.7. The standard InChI is InChI=1S/C18H21FN2O2.ClH/c1-3-23-16-11-14(19)9-10-15(16)21-18(22)12(2)17(20)13-7-5-4-6-8-13;/h4-12,17H,3,20H2,1-2H3,(H,21,22);1H. The molecule has 0 bridgehead atoms. The van der Waals surface area contributed by atoms with Gasteiger partial charge in [-0.05, 0) is 24.6 Å². The maximum Gasteiger partial charge on any atom is 0.229 e. The van der Waals surface area contributed by atoms with E-state index in [1.165, 1.54) is 18.2 Å². The minimum atomic E-state index is -0.447. The summed E-state index contributed by atoms with van der Waals surface area (Å²) in [5.41, 5.74) is 7.49. The lowest BCUT2D eigenvalue weighted by Gasteiger charge is -2.20. The molecule has 2 unspecified atom stereocenters. The molecule has 0 heterocycles. The zero-order chi connectivity index (χ0) is 16.8. The monoisotopic (exact) mass is 352 g/mol. The first-order valence-electron chi connectivity index (χ1n) is 7.56. The highest BCUT2D eigenvalue weighted by molar-refractivity contribution is 5.94. The van der Waals surface area contributed by atoms with Crippen molar-refractivity contribution >= 4 is 24.0 Å². The van der Waals surface area contributed by atoms with Gasteiger partial charge in [0.2, 0.25) is 5.91 Å². The van der Waals surface area contributed by atoms with E-state index < -0.39 is 17.8 Å². The number of carbonyl (C=O) groups excluding carboxylic acids is 1. The molecule has 3 N–H and O–H groups in total. The van der Waals surface area contributed by atoms with E-state index in [9.17, 15) is 9.18 Å². The Morgan fingerprint density at radius 2 is 1.92 bits per heavy atom. The Morgan fingerprint density at radius 1 is 1.25 bits per heavy atom. The number of carbonyl (C=O) groups is 1. The summed E-state index contributed by atoms with van der Waals surface area (Å²) in [4.78, 5) is 12.4. The first kappa shape index (κ1) is 19.9. The summed E-state index contributed by atoms with van der Waals surface area (Å²) < 4.78 is 18.7. The van der Waals surface area contributed by atoms with E-state index in [-0.39, 0.29) is 18.3 Å². The molecule has 2 aromatic rings. The van der Waals surface area contributed by atoms with E-state index in [1.54, 1.807) is 13.8 Å². The van der Waals surface area contributed by atoms with Crippen LogP contribution in [0.25, 0.3) is 0 Å². The molecular formula is C18H22ClFN2O2. The minimum absolute atomic E-state index is 0. The Kier molecular flexibility index (Phi) is 7.68. The van der Waals surface area contributed by atoms with Crippen LogP contribution in [-0.4, -0.2) is 12.5 Å². The zero-order valence-corrected chi connectivity index (χ0v) is 14.5. The van der Waals surface area contributed by atoms with Crippen LogP contribution in [0.3, 0.4) is 0 Å². The van der Waals surface area contributed by atoms with Crippen LogP contribution in [0.4, 0.5) is 10.1 Å². The molecule has 24 heavy (non-hydrogen) atoms. The van der Waals surface area contributed by atoms with Gasteiger partial charge < -0.3 is 15.8 Å². The molecule has 2 atom stereocenters. The van der Waals surface area contributed by atoms with E-state index in [2.05, 4.69) is 5.32 Å². The van der Waals surface area contributed by atoms with Gasteiger partial charge in [0.05, 0.1) is 18.2 Å². The van der Waals surface area contributed by atoms with Crippen LogP contribution < -0.4 is 15.8 Å². The Balaban J connectivity index is 0.00000288. The van der Waals surface area contributed by atoms with Crippen molar-refractivity contribution in [2.24, 2.45) is 11.7 Å². The molecule has 4 nitrogen and oxygen atoms in total. The molecule has 0 aromatic heterocycles. The third-order valence-corrected chi connectivity index (χ3v) is 3.64. The number of amides is 1. The van der Waals surface area contributed by atoms with E-state index in [0.29, 0.717) is 18.0 Å². The van der Waals surface area contributed by atoms with Gasteiger partial charge >= 0.3 is 0 Å². The van der Waals surface area contributed by atoms with Gasteiger partial charge in [-0.2, -0.15) is 0 Å². The summed E-state index contributed by atoms with van der Waals surface area (Å²) in [5, 5.41) is 2.76. The van der Waals surface area contributed by atoms with Crippen LogP contribution in [0.5, 0.6) is 5.75 Å². The quantitative estimate of drug-likeness (QED) is 0.828. The Morgan fingerprint density at radius 3 is 2.54 bits per heavy atom. The predicted molar refractivity (Wildman–Crippen MR) is 96.0 cm³/mol. The second-order valence-corrected chi connectivity index (χ2v) is 5.29. The largest absolute Gasteiger partial charge is 0.492 e. The number of nitrogens with one attached hydrogen (secondary N) is 1. The van der Waals surface area contributed by atoms with Crippen molar-refractivity contribution < 1.29 is 13.9 Å². The summed E-state index contributed by atoms with van der Waals surface area (Å²) in [6.07, 6.45) is 0. The molecule has 1 amide bonds. The van der Waals surface area contributed by atoms with Crippen molar-refractivity contribution in [3.63, 3.8) is 0 Å². The number of anilines is 1. The predicted octanol–water partition coefficient (Wildman–Crippen LogP) is 3.92. The summed E-state index contributed by atoms with van der Waals surface area (Å²) in [5.74, 6) is -0.798. The first-order valence-corrected chi connectivity index (χ1v) is 7.56. The van der Waals surface area contributed by atoms with Gasteiger partial charge in [0, 0.05) is 12.1 Å². The average molecular weight is 353 g/mol. The van der Waals surface area contributed by atoms with Crippen molar-refractivity contribution in [3.8, 4) is 5.75 Å². The number of nitrogens with two attached hydrogens (primary N) is 1. The van der Waals surface area contributed by atoms with Gasteiger partial charge in [-0.3, -0.25) is 4.79 Å². The molecular weight excluding hydrogens is 331 g/mol. The lowest BCUT2D eigenvalue weighted by Crippen LogP contribution is -2.30. The van der Waals surface area contributed by atoms with Crippen molar-refractivity contribution in [2.45, 2.75) is 19.9 Å². The molecule has 130 valence electrons. The Labute approximate surface area is 147 Å². The van der Waals surface area contributed by atoms with Gasteiger partial charge in [-0.1, -0.05) is 37.3 Å². The second kappa shape index (κ2) is 9.25. The molecule has 6 heteroatoms. The number of hydrogen-bond acceptors (Lipinski definition) is 3. The number of benzene rings is 2. The fourth-order valence-electron chi connectivity index (χ4n) is 2.25. The number of hydrogen-bond donors (Lipinski definition) is 2. The van der Waals surface area contributed by atoms with Gasteiger partial charge in [-0.25, -0.2) is 4.39 Å². The number of ether oxygens (including phenoxy) is 1. The smallest absolute Gasteiger partial charge is 0.229 e. The van der Waals surface area contributed by atoms with Crippen molar-refractivity contribution in [2.75, 3.05) is 11.9 Å². The zero-order valence-electron chi connectivity index (χ0n) is 13.7. The molecule has 0 saturated carbocycles. The maximum absolute atomic E-state index is 13.3. The number of rotatable bonds is 6. The van der Waals surface area contributed by atoms with Crippen LogP contribution in [0.2, 0.25) is 0 Å². The van der Waals surface area contributed by atoms with Crippen molar-refractivity contribution in [1.82, 2.24) is 0 Å². The Hall–Kier alpha value is -2.11. The fraction of sp³-hybridized carbons (Fsp3) is 0.278. The summed E-state index contributed by atoms with van der Waals surface area (Å²) in [6.45, 7) is 3.94. The molecule has 0 fully saturated rings. The van der Waals surface area contributed by atoms with E-state index >= 15 is 0 Å². The van der Waals surface area contributed by atoms with Crippen molar-refractivity contribution in [1.29, 1.82) is 0 Å². The molecule has 2 rings (SSSR count). The van der Waals surface area contributed by atoms with Gasteiger partial charge in [-0.15, -0.1) is 12.4 Å². The highest BCUT2D eigenvalue weighted by atomic mass is 35.5. The van der Waals surface area contributed by atoms with Crippen LogP contribution in [0.1, 0.15) is 25.5 Å². The van der Waals surface area contributed by atoms with Gasteiger partial charge in [0.1, 0.15) is 11.6 Å². The lowest BCUT2D eigenvalue weighted by molar-refractivity contribution is -0.120. The molecule has 0 spiro atoms. The van der Waals surface area contributed by atoms with Crippen LogP contribution in [0.15, 0.2) is 48.5 Å². The SMILES string of the molecule is CCOc1cc(F)ccc1NC(=O)C(C)C(N)c1ccccc1.Cl. The third-order valence-electron chi connectivity index (χ3n) is 3.64. The highest BCUT2D eigenvalue weighted by Crippen LogP contribution is 2.27. The van der Waals surface area contributed by atoms with E-state index in [4.69, 9.17) is 10.5 Å². The molecule has 2 aromatic carbocycles. The number of halogens is 2. The molecule has 0 saturated heterocycles. The second-order valence-electron chi connectivity index (χ2n) is 5.29.